The number of alkyl halides is 2. The summed E-state index contributed by atoms with van der Waals surface area (Å²) in [5.74, 6) is -2.73. The Morgan fingerprint density at radius 1 is 1.18 bits per heavy atom. The van der Waals surface area contributed by atoms with Crippen LogP contribution in [-0.4, -0.2) is 91.2 Å². The van der Waals surface area contributed by atoms with Gasteiger partial charge in [0.1, 0.15) is 12.3 Å². The molecular weight excluding hydrogens is 534 g/mol. The number of piperidine rings is 2. The Morgan fingerprint density at radius 3 is 2.48 bits per heavy atom. The number of fused-ring (bicyclic) bond motifs is 1. The molecule has 4 rings (SSSR count). The van der Waals surface area contributed by atoms with Crippen molar-refractivity contribution in [2.45, 2.75) is 95.9 Å². The normalized spacial score (nSPS) is 20.8. The molecule has 0 spiro atoms. The maximum absolute atomic E-state index is 14.8. The molecule has 1 unspecified atom stereocenters. The number of ether oxygens (including phenoxy) is 2. The molecule has 12 heteroatoms. The molecule has 0 aromatic carbocycles. The molecule has 1 amide bonds. The number of halogens is 2. The number of aromatic nitrogens is 3. The number of rotatable bonds is 8. The minimum absolute atomic E-state index is 0.109. The van der Waals surface area contributed by atoms with E-state index in [0.717, 1.165) is 30.0 Å². The van der Waals surface area contributed by atoms with Crippen molar-refractivity contribution >= 4 is 30.9 Å². The molecule has 9 nitrogen and oxygen atoms in total. The third-order valence-corrected chi connectivity index (χ3v) is 9.36. The number of carbonyl (C=O) groups excluding carboxylic acids is 1. The second-order valence-corrected chi connectivity index (χ2v) is 19.0. The lowest BCUT2D eigenvalue weighted by molar-refractivity contribution is -0.0402. The van der Waals surface area contributed by atoms with Crippen molar-refractivity contribution in [3.05, 3.63) is 18.0 Å². The lowest BCUT2D eigenvalue weighted by Gasteiger charge is -2.39. The van der Waals surface area contributed by atoms with E-state index in [0.29, 0.717) is 44.0 Å². The van der Waals surface area contributed by atoms with Gasteiger partial charge in [0.25, 0.3) is 5.92 Å². The SMILES string of the molecule is CNC1CCN(c2cnc3c(c2)c(C2CCN(C(=O)OC(C)(C)C)CC2)nn3COCC[Si](C)(C)C)CC1(F)F. The van der Waals surface area contributed by atoms with Gasteiger partial charge >= 0.3 is 6.09 Å². The molecular formula is C28H46F2N6O3Si. The van der Waals surface area contributed by atoms with Crippen LogP contribution in [0.3, 0.4) is 0 Å². The van der Waals surface area contributed by atoms with Crippen LogP contribution in [0, 0.1) is 0 Å². The number of pyridine rings is 1. The third kappa shape index (κ3) is 7.50. The molecule has 2 fully saturated rings. The van der Waals surface area contributed by atoms with Crippen molar-refractivity contribution in [2.24, 2.45) is 0 Å². The standard InChI is InChI=1S/C28H46F2N6O3Si/c1-27(2,3)39-26(37)34-11-8-20(9-12-34)24-22-16-21(35-13-10-23(31-4)28(29,30)18-35)17-32-25(22)36(33-24)19-38-14-15-40(5,6)7/h16-17,20,23,31H,8-15,18-19H2,1-7H3. The number of nitrogens with zero attached hydrogens (tertiary/aromatic N) is 5. The Labute approximate surface area is 237 Å². The first-order valence-corrected chi connectivity index (χ1v) is 18.1. The van der Waals surface area contributed by atoms with E-state index < -0.39 is 25.6 Å². The van der Waals surface area contributed by atoms with E-state index in [1.807, 2.05) is 26.8 Å². The van der Waals surface area contributed by atoms with E-state index in [1.165, 1.54) is 0 Å². The van der Waals surface area contributed by atoms with Gasteiger partial charge in [-0.1, -0.05) is 19.6 Å². The van der Waals surface area contributed by atoms with Crippen LogP contribution in [0.25, 0.3) is 11.0 Å². The first kappa shape index (κ1) is 30.6. The van der Waals surface area contributed by atoms with Gasteiger partial charge in [-0.15, -0.1) is 0 Å². The largest absolute Gasteiger partial charge is 0.444 e. The van der Waals surface area contributed by atoms with Crippen molar-refractivity contribution in [1.82, 2.24) is 25.0 Å². The van der Waals surface area contributed by atoms with Crippen LogP contribution in [0.5, 0.6) is 0 Å². The summed E-state index contributed by atoms with van der Waals surface area (Å²) in [6.45, 7) is 14.8. The summed E-state index contributed by atoms with van der Waals surface area (Å²) in [4.78, 5) is 20.8. The molecule has 224 valence electrons. The van der Waals surface area contributed by atoms with Crippen LogP contribution in [0.1, 0.15) is 51.6 Å². The number of anilines is 1. The Kier molecular flexibility index (Phi) is 9.11. The molecule has 2 aliphatic rings. The zero-order valence-corrected chi connectivity index (χ0v) is 26.1. The van der Waals surface area contributed by atoms with Gasteiger partial charge in [-0.3, -0.25) is 0 Å². The first-order valence-electron chi connectivity index (χ1n) is 14.4. The second kappa shape index (κ2) is 11.9. The fraction of sp³-hybridized carbons (Fsp3) is 0.750. The van der Waals surface area contributed by atoms with Gasteiger partial charge in [-0.05, 0) is 59.2 Å². The molecule has 2 saturated heterocycles. The summed E-state index contributed by atoms with van der Waals surface area (Å²) in [6.07, 6.45) is 3.19. The van der Waals surface area contributed by atoms with Gasteiger partial charge in [0.05, 0.1) is 30.2 Å². The minimum atomic E-state index is -2.84. The molecule has 2 aliphatic heterocycles. The van der Waals surface area contributed by atoms with Crippen molar-refractivity contribution in [3.8, 4) is 0 Å². The second-order valence-electron chi connectivity index (χ2n) is 13.4. The van der Waals surface area contributed by atoms with Crippen molar-refractivity contribution in [2.75, 3.05) is 44.7 Å². The fourth-order valence-electron chi connectivity index (χ4n) is 5.34. The highest BCUT2D eigenvalue weighted by Crippen LogP contribution is 2.36. The summed E-state index contributed by atoms with van der Waals surface area (Å²) in [7, 11) is 0.354. The van der Waals surface area contributed by atoms with E-state index in [-0.39, 0.29) is 25.3 Å². The van der Waals surface area contributed by atoms with Crippen molar-refractivity contribution in [3.63, 3.8) is 0 Å². The average molecular weight is 581 g/mol. The molecule has 0 radical (unpaired) electrons. The maximum Gasteiger partial charge on any atom is 0.410 e. The first-order chi connectivity index (χ1) is 18.7. The van der Waals surface area contributed by atoms with Gasteiger partial charge in [0, 0.05) is 45.6 Å². The Balaban J connectivity index is 1.57. The predicted octanol–water partition coefficient (Wildman–Crippen LogP) is 5.29. The summed E-state index contributed by atoms with van der Waals surface area (Å²) in [6, 6.07) is 2.18. The number of hydrogen-bond acceptors (Lipinski definition) is 7. The van der Waals surface area contributed by atoms with E-state index in [2.05, 4.69) is 25.0 Å². The smallest absolute Gasteiger partial charge is 0.410 e. The Bertz CT molecular complexity index is 1170. The summed E-state index contributed by atoms with van der Waals surface area (Å²) in [5.41, 5.74) is 1.71. The molecule has 2 aromatic rings. The molecule has 0 aliphatic carbocycles. The lowest BCUT2D eigenvalue weighted by atomic mass is 9.92. The Hall–Kier alpha value is -2.31. The number of likely N-dealkylation sites (tertiary alicyclic amines) is 1. The quantitative estimate of drug-likeness (QED) is 0.335. The molecule has 40 heavy (non-hydrogen) atoms. The highest BCUT2D eigenvalue weighted by Gasteiger charge is 2.44. The number of hydrogen-bond donors (Lipinski definition) is 1. The molecule has 0 saturated carbocycles. The number of amides is 1. The lowest BCUT2D eigenvalue weighted by Crippen LogP contribution is -2.56. The molecule has 4 heterocycles. The van der Waals surface area contributed by atoms with Crippen molar-refractivity contribution < 1.29 is 23.0 Å². The van der Waals surface area contributed by atoms with E-state index in [1.54, 1.807) is 27.7 Å². The van der Waals surface area contributed by atoms with Gasteiger partial charge < -0.3 is 24.6 Å². The third-order valence-electron chi connectivity index (χ3n) is 7.66. The van der Waals surface area contributed by atoms with Crippen LogP contribution in [0.4, 0.5) is 19.3 Å². The monoisotopic (exact) mass is 580 g/mol. The molecule has 1 atom stereocenters. The van der Waals surface area contributed by atoms with Crippen molar-refractivity contribution in [1.29, 1.82) is 0 Å². The highest BCUT2D eigenvalue weighted by atomic mass is 28.3. The van der Waals surface area contributed by atoms with Crippen LogP contribution >= 0.6 is 0 Å². The average Bonchev–Trinajstić information content (AvgIpc) is 3.22. The molecule has 1 N–H and O–H groups in total. The van der Waals surface area contributed by atoms with Gasteiger partial charge in [0.15, 0.2) is 5.65 Å². The van der Waals surface area contributed by atoms with E-state index in [9.17, 15) is 13.6 Å². The van der Waals surface area contributed by atoms with E-state index in [4.69, 9.17) is 19.6 Å². The highest BCUT2D eigenvalue weighted by molar-refractivity contribution is 6.76. The zero-order chi connectivity index (χ0) is 29.3. The topological polar surface area (TPSA) is 84.8 Å². The van der Waals surface area contributed by atoms with E-state index >= 15 is 0 Å². The predicted molar refractivity (Wildman–Crippen MR) is 156 cm³/mol. The van der Waals surface area contributed by atoms with Gasteiger partial charge in [0.2, 0.25) is 0 Å². The van der Waals surface area contributed by atoms with Crippen LogP contribution < -0.4 is 10.2 Å². The van der Waals surface area contributed by atoms with Crippen LogP contribution in [0.15, 0.2) is 12.3 Å². The maximum atomic E-state index is 14.8. The summed E-state index contributed by atoms with van der Waals surface area (Å²) >= 11 is 0. The summed E-state index contributed by atoms with van der Waals surface area (Å²) in [5, 5.41) is 8.56. The van der Waals surface area contributed by atoms with Crippen LogP contribution in [-0.2, 0) is 16.2 Å². The molecule has 2 aromatic heterocycles. The van der Waals surface area contributed by atoms with Gasteiger partial charge in [-0.2, -0.15) is 5.10 Å². The summed E-state index contributed by atoms with van der Waals surface area (Å²) < 4.78 is 42.9. The number of carbonyl (C=O) groups is 1. The number of nitrogens with one attached hydrogen (secondary N) is 1. The van der Waals surface area contributed by atoms with Gasteiger partial charge in [-0.25, -0.2) is 23.2 Å². The fourth-order valence-corrected chi connectivity index (χ4v) is 6.10. The minimum Gasteiger partial charge on any atom is -0.444 e. The zero-order valence-electron chi connectivity index (χ0n) is 25.1. The molecule has 0 bridgehead atoms. The van der Waals surface area contributed by atoms with Crippen LogP contribution in [0.2, 0.25) is 25.7 Å². The Morgan fingerprint density at radius 2 is 1.88 bits per heavy atom.